The molecule has 4 nitrogen and oxygen atoms in total. The van der Waals surface area contributed by atoms with Crippen molar-refractivity contribution in [2.24, 2.45) is 0 Å². The van der Waals surface area contributed by atoms with Crippen LogP contribution in [0.15, 0.2) is 36.8 Å². The Bertz CT molecular complexity index is 551. The van der Waals surface area contributed by atoms with Crippen molar-refractivity contribution in [3.63, 3.8) is 0 Å². The third-order valence-electron chi connectivity index (χ3n) is 2.59. The van der Waals surface area contributed by atoms with E-state index in [-0.39, 0.29) is 0 Å². The van der Waals surface area contributed by atoms with Gasteiger partial charge >= 0.3 is 5.97 Å². The third-order valence-corrected chi connectivity index (χ3v) is 2.59. The van der Waals surface area contributed by atoms with E-state index in [1.165, 1.54) is 30.1 Å². The van der Waals surface area contributed by atoms with Crippen LogP contribution in [0.2, 0.25) is 0 Å². The highest BCUT2D eigenvalue weighted by Crippen LogP contribution is 2.24. The molecule has 88 valence electrons. The molecule has 2 aromatic rings. The van der Waals surface area contributed by atoms with Crippen LogP contribution < -0.4 is 0 Å². The Kier molecular flexibility index (Phi) is 2.91. The van der Waals surface area contributed by atoms with Gasteiger partial charge in [0.05, 0.1) is 18.2 Å². The maximum Gasteiger partial charge on any atom is 0.326 e. The molecule has 0 aliphatic carbocycles. The Labute approximate surface area is 97.3 Å². The molecule has 1 aromatic carbocycles. The first kappa shape index (κ1) is 11.3. The van der Waals surface area contributed by atoms with E-state index in [0.29, 0.717) is 11.3 Å². The van der Waals surface area contributed by atoms with Crippen molar-refractivity contribution < 1.29 is 14.3 Å². The fourth-order valence-corrected chi connectivity index (χ4v) is 1.61. The molecule has 17 heavy (non-hydrogen) atoms. The van der Waals surface area contributed by atoms with Crippen molar-refractivity contribution in [3.8, 4) is 11.3 Å². The molecule has 5 heteroatoms. The first-order chi connectivity index (χ1) is 8.11. The minimum atomic E-state index is -0.986. The summed E-state index contributed by atoms with van der Waals surface area (Å²) in [6.07, 6.45) is 2.85. The molecular formula is C12H11FN2O2. The van der Waals surface area contributed by atoms with Gasteiger partial charge in [-0.25, -0.2) is 14.2 Å². The molecule has 1 atom stereocenters. The Morgan fingerprint density at radius 1 is 1.47 bits per heavy atom. The SMILES string of the molecule is CC(C(=O)O)n1cncc1-c1ccccc1F. The molecule has 0 aliphatic rings. The number of halogens is 1. The van der Waals surface area contributed by atoms with Gasteiger partial charge in [-0.2, -0.15) is 0 Å². The number of aliphatic carboxylic acids is 1. The molecule has 0 spiro atoms. The van der Waals surface area contributed by atoms with Crippen molar-refractivity contribution in [1.29, 1.82) is 0 Å². The summed E-state index contributed by atoms with van der Waals surface area (Å²) in [5.74, 6) is -1.38. The maximum absolute atomic E-state index is 13.6. The lowest BCUT2D eigenvalue weighted by Crippen LogP contribution is -2.15. The zero-order chi connectivity index (χ0) is 12.4. The van der Waals surface area contributed by atoms with Crippen LogP contribution in [0.5, 0.6) is 0 Å². The number of carboxylic acid groups (broad SMARTS) is 1. The molecule has 1 heterocycles. The van der Waals surface area contributed by atoms with Gasteiger partial charge in [0, 0.05) is 5.56 Å². The first-order valence-electron chi connectivity index (χ1n) is 5.11. The molecule has 1 aromatic heterocycles. The van der Waals surface area contributed by atoms with Crippen molar-refractivity contribution in [2.75, 3.05) is 0 Å². The lowest BCUT2D eigenvalue weighted by molar-refractivity contribution is -0.140. The quantitative estimate of drug-likeness (QED) is 0.886. The monoisotopic (exact) mass is 234 g/mol. The van der Waals surface area contributed by atoms with E-state index in [2.05, 4.69) is 4.98 Å². The van der Waals surface area contributed by atoms with Gasteiger partial charge in [-0.15, -0.1) is 0 Å². The summed E-state index contributed by atoms with van der Waals surface area (Å²) in [7, 11) is 0. The van der Waals surface area contributed by atoms with Crippen molar-refractivity contribution in [2.45, 2.75) is 13.0 Å². The zero-order valence-electron chi connectivity index (χ0n) is 9.17. The number of hydrogen-bond acceptors (Lipinski definition) is 2. The van der Waals surface area contributed by atoms with Gasteiger partial charge < -0.3 is 9.67 Å². The number of imidazole rings is 1. The fourth-order valence-electron chi connectivity index (χ4n) is 1.61. The summed E-state index contributed by atoms with van der Waals surface area (Å²) in [5.41, 5.74) is 0.802. The van der Waals surface area contributed by atoms with E-state index in [1.54, 1.807) is 18.2 Å². The van der Waals surface area contributed by atoms with Gasteiger partial charge in [-0.3, -0.25) is 0 Å². The van der Waals surface area contributed by atoms with Crippen LogP contribution in [0.1, 0.15) is 13.0 Å². The molecule has 0 aliphatic heterocycles. The number of benzene rings is 1. The van der Waals surface area contributed by atoms with Crippen molar-refractivity contribution in [1.82, 2.24) is 9.55 Å². The molecule has 0 bridgehead atoms. The molecule has 0 radical (unpaired) electrons. The highest BCUT2D eigenvalue weighted by molar-refractivity contribution is 5.73. The number of carbonyl (C=O) groups is 1. The van der Waals surface area contributed by atoms with E-state index < -0.39 is 17.8 Å². The van der Waals surface area contributed by atoms with Gasteiger partial charge in [0.25, 0.3) is 0 Å². The zero-order valence-corrected chi connectivity index (χ0v) is 9.17. The van der Waals surface area contributed by atoms with Crippen LogP contribution in [-0.2, 0) is 4.79 Å². The van der Waals surface area contributed by atoms with E-state index in [0.717, 1.165) is 0 Å². The summed E-state index contributed by atoms with van der Waals surface area (Å²) >= 11 is 0. The molecule has 0 amide bonds. The van der Waals surface area contributed by atoms with Gasteiger partial charge in [0.1, 0.15) is 11.9 Å². The molecule has 2 rings (SSSR count). The number of hydrogen-bond donors (Lipinski definition) is 1. The second-order valence-corrected chi connectivity index (χ2v) is 3.68. The van der Waals surface area contributed by atoms with Crippen molar-refractivity contribution >= 4 is 5.97 Å². The van der Waals surface area contributed by atoms with Crippen LogP contribution in [0.3, 0.4) is 0 Å². The topological polar surface area (TPSA) is 55.1 Å². The number of rotatable bonds is 3. The molecule has 0 saturated carbocycles. The van der Waals surface area contributed by atoms with Gasteiger partial charge in [0.15, 0.2) is 0 Å². The first-order valence-corrected chi connectivity index (χ1v) is 5.11. The summed E-state index contributed by atoms with van der Waals surface area (Å²) in [4.78, 5) is 14.8. The Morgan fingerprint density at radius 3 is 2.82 bits per heavy atom. The molecular weight excluding hydrogens is 223 g/mol. The van der Waals surface area contributed by atoms with E-state index >= 15 is 0 Å². The lowest BCUT2D eigenvalue weighted by Gasteiger charge is -2.12. The van der Waals surface area contributed by atoms with E-state index in [1.807, 2.05) is 0 Å². The molecule has 0 saturated heterocycles. The van der Waals surface area contributed by atoms with Gasteiger partial charge in [0.2, 0.25) is 0 Å². The predicted octanol–water partition coefficient (Wildman–Crippen LogP) is 2.33. The van der Waals surface area contributed by atoms with Gasteiger partial charge in [-0.05, 0) is 19.1 Å². The maximum atomic E-state index is 13.6. The second kappa shape index (κ2) is 4.37. The normalized spacial score (nSPS) is 12.4. The van der Waals surface area contributed by atoms with Gasteiger partial charge in [-0.1, -0.05) is 12.1 Å². The highest BCUT2D eigenvalue weighted by atomic mass is 19.1. The summed E-state index contributed by atoms with van der Waals surface area (Å²) in [6, 6.07) is 5.42. The molecule has 1 N–H and O–H groups in total. The largest absolute Gasteiger partial charge is 0.480 e. The smallest absolute Gasteiger partial charge is 0.326 e. The Morgan fingerprint density at radius 2 is 2.18 bits per heavy atom. The summed E-state index contributed by atoms with van der Waals surface area (Å²) < 4.78 is 15.0. The molecule has 1 unspecified atom stereocenters. The van der Waals surface area contributed by atoms with Crippen LogP contribution in [0.25, 0.3) is 11.3 Å². The Balaban J connectivity index is 2.51. The van der Waals surface area contributed by atoms with Crippen molar-refractivity contribution in [3.05, 3.63) is 42.6 Å². The summed E-state index contributed by atoms with van der Waals surface area (Å²) in [6.45, 7) is 1.52. The van der Waals surface area contributed by atoms with E-state index in [9.17, 15) is 9.18 Å². The minimum Gasteiger partial charge on any atom is -0.480 e. The minimum absolute atomic E-state index is 0.345. The Hall–Kier alpha value is -2.17. The average molecular weight is 234 g/mol. The lowest BCUT2D eigenvalue weighted by atomic mass is 10.1. The highest BCUT2D eigenvalue weighted by Gasteiger charge is 2.18. The number of nitrogens with zero attached hydrogens (tertiary/aromatic N) is 2. The average Bonchev–Trinajstić information content (AvgIpc) is 2.77. The third kappa shape index (κ3) is 2.04. The van der Waals surface area contributed by atoms with Crippen LogP contribution in [0.4, 0.5) is 4.39 Å². The van der Waals surface area contributed by atoms with E-state index in [4.69, 9.17) is 5.11 Å². The second-order valence-electron chi connectivity index (χ2n) is 3.68. The predicted molar refractivity (Wildman–Crippen MR) is 60.0 cm³/mol. The number of aromatic nitrogens is 2. The summed E-state index contributed by atoms with van der Waals surface area (Å²) in [5, 5.41) is 8.95. The van der Waals surface area contributed by atoms with Crippen LogP contribution >= 0.6 is 0 Å². The van der Waals surface area contributed by atoms with Crippen LogP contribution in [0, 0.1) is 5.82 Å². The molecule has 0 fully saturated rings. The standard InChI is InChI=1S/C12H11FN2O2/c1-8(12(16)17)15-7-14-6-11(15)9-4-2-3-5-10(9)13/h2-8H,1H3,(H,16,17). The number of carboxylic acids is 1. The van der Waals surface area contributed by atoms with Crippen LogP contribution in [-0.4, -0.2) is 20.6 Å². The fraction of sp³-hybridized carbons (Fsp3) is 0.167.